The summed E-state index contributed by atoms with van der Waals surface area (Å²) < 4.78 is 0. The number of phenolic OH excluding ortho intramolecular Hbond substituents is 1. The highest BCUT2D eigenvalue weighted by atomic mass is 35.5. The number of aliphatic hydroxyl groups is 1. The van der Waals surface area contributed by atoms with Gasteiger partial charge in [0.1, 0.15) is 5.75 Å². The second-order valence-corrected chi connectivity index (χ2v) is 2.85. The molecule has 0 aromatic heterocycles. The SMILES string of the molecule is Cc1ccc(O)c([C@H](N)CO)c1.Cl. The van der Waals surface area contributed by atoms with E-state index in [0.29, 0.717) is 5.56 Å². The van der Waals surface area contributed by atoms with Crippen LogP contribution in [0.4, 0.5) is 0 Å². The first kappa shape index (κ1) is 12.2. The number of rotatable bonds is 2. The number of hydrogen-bond donors (Lipinski definition) is 3. The van der Waals surface area contributed by atoms with Gasteiger partial charge in [-0.1, -0.05) is 17.7 Å². The summed E-state index contributed by atoms with van der Waals surface area (Å²) in [6.07, 6.45) is 0. The smallest absolute Gasteiger partial charge is 0.120 e. The molecule has 4 N–H and O–H groups in total. The van der Waals surface area contributed by atoms with Crippen LogP contribution in [-0.4, -0.2) is 16.8 Å². The molecule has 13 heavy (non-hydrogen) atoms. The van der Waals surface area contributed by atoms with Gasteiger partial charge in [-0.3, -0.25) is 0 Å². The van der Waals surface area contributed by atoms with Gasteiger partial charge in [-0.25, -0.2) is 0 Å². The number of phenols is 1. The first-order valence-electron chi connectivity index (χ1n) is 3.81. The zero-order valence-electron chi connectivity index (χ0n) is 7.40. The molecule has 0 bridgehead atoms. The molecular formula is C9H14ClNO2. The number of hydrogen-bond acceptors (Lipinski definition) is 3. The maximum atomic E-state index is 9.35. The van der Waals surface area contributed by atoms with Crippen LogP contribution in [0.15, 0.2) is 18.2 Å². The maximum absolute atomic E-state index is 9.35. The summed E-state index contributed by atoms with van der Waals surface area (Å²) in [4.78, 5) is 0. The van der Waals surface area contributed by atoms with Crippen molar-refractivity contribution >= 4 is 12.4 Å². The van der Waals surface area contributed by atoms with Crippen molar-refractivity contribution < 1.29 is 10.2 Å². The van der Waals surface area contributed by atoms with Gasteiger partial charge >= 0.3 is 0 Å². The van der Waals surface area contributed by atoms with E-state index in [1.54, 1.807) is 18.2 Å². The molecule has 0 spiro atoms. The lowest BCUT2D eigenvalue weighted by molar-refractivity contribution is 0.265. The van der Waals surface area contributed by atoms with E-state index >= 15 is 0 Å². The lowest BCUT2D eigenvalue weighted by Gasteiger charge is -2.10. The van der Waals surface area contributed by atoms with Gasteiger partial charge in [0.25, 0.3) is 0 Å². The first-order valence-corrected chi connectivity index (χ1v) is 3.81. The van der Waals surface area contributed by atoms with Crippen LogP contribution >= 0.6 is 12.4 Å². The number of nitrogens with two attached hydrogens (primary N) is 1. The number of halogens is 1. The summed E-state index contributed by atoms with van der Waals surface area (Å²) >= 11 is 0. The fourth-order valence-electron chi connectivity index (χ4n) is 1.07. The number of aliphatic hydroxyl groups excluding tert-OH is 1. The van der Waals surface area contributed by atoms with Gasteiger partial charge in [-0.2, -0.15) is 0 Å². The fourth-order valence-corrected chi connectivity index (χ4v) is 1.07. The molecule has 0 aliphatic heterocycles. The Labute approximate surface area is 83.6 Å². The van der Waals surface area contributed by atoms with Gasteiger partial charge in [0, 0.05) is 5.56 Å². The Morgan fingerprint density at radius 1 is 1.46 bits per heavy atom. The Kier molecular flexibility index (Phi) is 4.77. The van der Waals surface area contributed by atoms with E-state index in [1.807, 2.05) is 6.92 Å². The van der Waals surface area contributed by atoms with Gasteiger partial charge in [0.2, 0.25) is 0 Å². The lowest BCUT2D eigenvalue weighted by atomic mass is 10.0. The van der Waals surface area contributed by atoms with Crippen LogP contribution in [0, 0.1) is 6.92 Å². The average Bonchev–Trinajstić information content (AvgIpc) is 2.08. The number of benzene rings is 1. The molecule has 0 aliphatic carbocycles. The zero-order valence-corrected chi connectivity index (χ0v) is 8.21. The largest absolute Gasteiger partial charge is 0.508 e. The Bertz CT molecular complexity index is 278. The highest BCUT2D eigenvalue weighted by molar-refractivity contribution is 5.85. The van der Waals surface area contributed by atoms with Crippen molar-refractivity contribution in [2.45, 2.75) is 13.0 Å². The second kappa shape index (κ2) is 5.07. The molecule has 0 fully saturated rings. The van der Waals surface area contributed by atoms with Crippen molar-refractivity contribution in [2.24, 2.45) is 5.73 Å². The molecule has 1 aromatic rings. The standard InChI is InChI=1S/C9H13NO2.ClH/c1-6-2-3-9(12)7(4-6)8(10)5-11;/h2-4,8,11-12H,5,10H2,1H3;1H/t8-;/m1./s1. The zero-order chi connectivity index (χ0) is 9.14. The summed E-state index contributed by atoms with van der Waals surface area (Å²) in [6, 6.07) is 4.66. The predicted molar refractivity (Wildman–Crippen MR) is 54.1 cm³/mol. The minimum Gasteiger partial charge on any atom is -0.508 e. The molecular weight excluding hydrogens is 190 g/mol. The van der Waals surface area contributed by atoms with Crippen molar-refractivity contribution in [3.05, 3.63) is 29.3 Å². The van der Waals surface area contributed by atoms with E-state index in [4.69, 9.17) is 10.8 Å². The second-order valence-electron chi connectivity index (χ2n) is 2.85. The lowest BCUT2D eigenvalue weighted by Crippen LogP contribution is -2.14. The fraction of sp³-hybridized carbons (Fsp3) is 0.333. The first-order chi connectivity index (χ1) is 5.65. The molecule has 3 nitrogen and oxygen atoms in total. The van der Waals surface area contributed by atoms with Crippen LogP contribution in [0.3, 0.4) is 0 Å². The summed E-state index contributed by atoms with van der Waals surface area (Å²) in [5, 5.41) is 18.1. The molecule has 0 aliphatic rings. The summed E-state index contributed by atoms with van der Waals surface area (Å²) in [7, 11) is 0. The van der Waals surface area contributed by atoms with Crippen LogP contribution in [0.2, 0.25) is 0 Å². The Morgan fingerprint density at radius 2 is 2.08 bits per heavy atom. The van der Waals surface area contributed by atoms with E-state index < -0.39 is 6.04 Å². The minimum atomic E-state index is -0.495. The molecule has 4 heteroatoms. The average molecular weight is 204 g/mol. The van der Waals surface area contributed by atoms with Crippen molar-refractivity contribution in [2.75, 3.05) is 6.61 Å². The quantitative estimate of drug-likeness (QED) is 0.675. The molecule has 1 rings (SSSR count). The minimum absolute atomic E-state index is 0. The van der Waals surface area contributed by atoms with Crippen molar-refractivity contribution in [1.82, 2.24) is 0 Å². The third-order valence-electron chi connectivity index (χ3n) is 1.78. The van der Waals surface area contributed by atoms with E-state index in [2.05, 4.69) is 0 Å². The van der Waals surface area contributed by atoms with Gasteiger partial charge in [-0.15, -0.1) is 12.4 Å². The Hall–Kier alpha value is -0.770. The van der Waals surface area contributed by atoms with Crippen molar-refractivity contribution in [3.63, 3.8) is 0 Å². The maximum Gasteiger partial charge on any atom is 0.120 e. The summed E-state index contributed by atoms with van der Waals surface area (Å²) in [6.45, 7) is 1.75. The molecule has 0 saturated heterocycles. The third-order valence-corrected chi connectivity index (χ3v) is 1.78. The highest BCUT2D eigenvalue weighted by Crippen LogP contribution is 2.23. The van der Waals surface area contributed by atoms with Gasteiger partial charge in [0.05, 0.1) is 12.6 Å². The molecule has 0 unspecified atom stereocenters. The number of aryl methyl sites for hydroxylation is 1. The van der Waals surface area contributed by atoms with Crippen LogP contribution in [0.1, 0.15) is 17.2 Å². The van der Waals surface area contributed by atoms with Gasteiger partial charge < -0.3 is 15.9 Å². The third kappa shape index (κ3) is 2.88. The van der Waals surface area contributed by atoms with E-state index in [9.17, 15) is 5.11 Å². The Balaban J connectivity index is 0.00000144. The highest BCUT2D eigenvalue weighted by Gasteiger charge is 2.08. The molecule has 0 radical (unpaired) electrons. The van der Waals surface area contributed by atoms with E-state index in [1.165, 1.54) is 0 Å². The summed E-state index contributed by atoms with van der Waals surface area (Å²) in [5.41, 5.74) is 7.17. The predicted octanol–water partition coefficient (Wildman–Crippen LogP) is 1.11. The van der Waals surface area contributed by atoms with Gasteiger partial charge in [-0.05, 0) is 13.0 Å². The van der Waals surface area contributed by atoms with E-state index in [-0.39, 0.29) is 24.8 Å². The van der Waals surface area contributed by atoms with Crippen LogP contribution in [0.5, 0.6) is 5.75 Å². The van der Waals surface area contributed by atoms with Crippen molar-refractivity contribution in [3.8, 4) is 5.75 Å². The molecule has 0 amide bonds. The normalized spacial score (nSPS) is 11.9. The molecule has 1 aromatic carbocycles. The molecule has 0 heterocycles. The van der Waals surface area contributed by atoms with Crippen LogP contribution in [-0.2, 0) is 0 Å². The molecule has 1 atom stereocenters. The molecule has 74 valence electrons. The molecule has 0 saturated carbocycles. The van der Waals surface area contributed by atoms with Crippen LogP contribution in [0.25, 0.3) is 0 Å². The summed E-state index contributed by atoms with van der Waals surface area (Å²) in [5.74, 6) is 0.141. The Morgan fingerprint density at radius 3 is 2.62 bits per heavy atom. The monoisotopic (exact) mass is 203 g/mol. The number of aromatic hydroxyl groups is 1. The van der Waals surface area contributed by atoms with Gasteiger partial charge in [0.15, 0.2) is 0 Å². The van der Waals surface area contributed by atoms with Crippen molar-refractivity contribution in [1.29, 1.82) is 0 Å². The van der Waals surface area contributed by atoms with E-state index in [0.717, 1.165) is 5.56 Å². The topological polar surface area (TPSA) is 66.5 Å². The van der Waals surface area contributed by atoms with Crippen LogP contribution < -0.4 is 5.73 Å².